The van der Waals surface area contributed by atoms with Crippen LogP contribution in [0.1, 0.15) is 35.2 Å². The number of fused-ring (bicyclic) bond motifs is 4. The minimum absolute atomic E-state index is 0.0547. The van der Waals surface area contributed by atoms with Crippen molar-refractivity contribution in [2.24, 2.45) is 0 Å². The number of carbonyl (C=O) groups is 1. The van der Waals surface area contributed by atoms with Gasteiger partial charge >= 0.3 is 5.97 Å². The van der Waals surface area contributed by atoms with Crippen molar-refractivity contribution in [3.05, 3.63) is 34.9 Å². The van der Waals surface area contributed by atoms with E-state index in [4.69, 9.17) is 4.74 Å². The van der Waals surface area contributed by atoms with Gasteiger partial charge in [0, 0.05) is 6.04 Å². The van der Waals surface area contributed by atoms with E-state index in [1.54, 1.807) is 0 Å². The Kier molecular flexibility index (Phi) is 1.27. The topological polar surface area (TPSA) is 29.3 Å². The van der Waals surface area contributed by atoms with E-state index in [9.17, 15) is 4.79 Å². The highest BCUT2D eigenvalue weighted by atomic mass is 16.5. The Labute approximate surface area is 94.0 Å². The van der Waals surface area contributed by atoms with Crippen LogP contribution in [0.25, 0.3) is 0 Å². The van der Waals surface area contributed by atoms with E-state index in [-0.39, 0.29) is 11.5 Å². The number of carbonyl (C=O) groups excluding carboxylic acids is 1. The summed E-state index contributed by atoms with van der Waals surface area (Å²) >= 11 is 0. The fourth-order valence-corrected chi connectivity index (χ4v) is 3.83. The first-order chi connectivity index (χ1) is 7.71. The van der Waals surface area contributed by atoms with Crippen LogP contribution in [-0.2, 0) is 9.53 Å². The fourth-order valence-electron chi connectivity index (χ4n) is 3.83. The average Bonchev–Trinajstić information content (AvgIpc) is 2.69. The third-order valence-corrected chi connectivity index (χ3v) is 4.49. The van der Waals surface area contributed by atoms with Gasteiger partial charge in [0.05, 0.1) is 13.2 Å². The maximum atomic E-state index is 11.8. The molecule has 0 N–H and O–H groups in total. The van der Waals surface area contributed by atoms with Gasteiger partial charge in [-0.2, -0.15) is 0 Å². The number of hydrogen-bond acceptors (Lipinski definition) is 3. The number of hydrogen-bond donors (Lipinski definition) is 0. The van der Waals surface area contributed by atoms with Crippen LogP contribution in [-0.4, -0.2) is 23.5 Å². The zero-order valence-corrected chi connectivity index (χ0v) is 9.36. The molecular formula is C13H13NO2. The predicted octanol–water partition coefficient (Wildman–Crippen LogP) is 1.72. The van der Waals surface area contributed by atoms with Gasteiger partial charge in [0.25, 0.3) is 0 Å². The third kappa shape index (κ3) is 0.644. The lowest BCUT2D eigenvalue weighted by molar-refractivity contribution is -0.149. The minimum atomic E-state index is -0.278. The van der Waals surface area contributed by atoms with Crippen molar-refractivity contribution in [3.8, 4) is 0 Å². The van der Waals surface area contributed by atoms with Crippen molar-refractivity contribution in [3.63, 3.8) is 0 Å². The van der Waals surface area contributed by atoms with Crippen molar-refractivity contribution in [2.45, 2.75) is 31.0 Å². The molecule has 16 heavy (non-hydrogen) atoms. The predicted molar refractivity (Wildman–Crippen MR) is 57.9 cm³/mol. The van der Waals surface area contributed by atoms with E-state index in [0.717, 1.165) is 6.42 Å². The maximum Gasteiger partial charge on any atom is 0.328 e. The smallest absolute Gasteiger partial charge is 0.328 e. The van der Waals surface area contributed by atoms with Gasteiger partial charge in [-0.1, -0.05) is 18.2 Å². The molecule has 0 bridgehead atoms. The van der Waals surface area contributed by atoms with Gasteiger partial charge in [0.1, 0.15) is 5.54 Å². The normalized spacial score (nSPS) is 40.8. The van der Waals surface area contributed by atoms with Crippen LogP contribution in [0.4, 0.5) is 0 Å². The summed E-state index contributed by atoms with van der Waals surface area (Å²) in [6, 6.07) is 7.17. The van der Waals surface area contributed by atoms with Gasteiger partial charge in [-0.05, 0) is 30.0 Å². The number of benzene rings is 1. The van der Waals surface area contributed by atoms with Gasteiger partial charge in [-0.15, -0.1) is 0 Å². The van der Waals surface area contributed by atoms with Crippen molar-refractivity contribution >= 4 is 5.97 Å². The maximum absolute atomic E-state index is 11.8. The SMILES string of the molecule is COC(=O)C12C[C@@H]3c4c(C)cccc4[C@H]1N32. The van der Waals surface area contributed by atoms with Crippen molar-refractivity contribution in [1.82, 2.24) is 4.90 Å². The second kappa shape index (κ2) is 2.33. The number of methoxy groups -OCH3 is 1. The quantitative estimate of drug-likeness (QED) is 0.527. The Morgan fingerprint density at radius 2 is 2.38 bits per heavy atom. The Bertz CT molecular complexity index is 525. The first-order valence-corrected chi connectivity index (χ1v) is 5.68. The lowest BCUT2D eigenvalue weighted by Crippen LogP contribution is -2.44. The molecule has 4 atom stereocenters. The zero-order valence-electron chi connectivity index (χ0n) is 9.36. The summed E-state index contributed by atoms with van der Waals surface area (Å²) in [5, 5.41) is 0. The summed E-state index contributed by atoms with van der Waals surface area (Å²) in [7, 11) is 1.48. The average molecular weight is 215 g/mol. The van der Waals surface area contributed by atoms with Crippen molar-refractivity contribution in [2.75, 3.05) is 7.11 Å². The first-order valence-electron chi connectivity index (χ1n) is 5.68. The van der Waals surface area contributed by atoms with E-state index in [0.29, 0.717) is 12.1 Å². The molecule has 0 amide bonds. The van der Waals surface area contributed by atoms with Crippen LogP contribution >= 0.6 is 0 Å². The lowest BCUT2D eigenvalue weighted by atomic mass is 9.77. The number of ether oxygens (including phenoxy) is 1. The van der Waals surface area contributed by atoms with Gasteiger partial charge in [0.15, 0.2) is 0 Å². The molecule has 0 radical (unpaired) electrons. The van der Waals surface area contributed by atoms with Crippen LogP contribution < -0.4 is 0 Å². The summed E-state index contributed by atoms with van der Waals surface area (Å²) < 4.78 is 4.92. The Balaban J connectivity index is 1.84. The molecular weight excluding hydrogens is 202 g/mol. The molecule has 3 nitrogen and oxygen atoms in total. The molecule has 2 unspecified atom stereocenters. The molecule has 0 spiro atoms. The van der Waals surface area contributed by atoms with Crippen LogP contribution in [0.2, 0.25) is 0 Å². The van der Waals surface area contributed by atoms with Crippen LogP contribution in [0, 0.1) is 6.92 Å². The van der Waals surface area contributed by atoms with Crippen LogP contribution in [0.15, 0.2) is 18.2 Å². The molecule has 0 aromatic heterocycles. The molecule has 0 saturated carbocycles. The van der Waals surface area contributed by atoms with Gasteiger partial charge in [-0.3, -0.25) is 4.90 Å². The molecule has 2 saturated heterocycles. The monoisotopic (exact) mass is 215 g/mol. The summed E-state index contributed by atoms with van der Waals surface area (Å²) in [6.45, 7) is 2.16. The minimum Gasteiger partial charge on any atom is -0.468 e. The lowest BCUT2D eigenvalue weighted by Gasteiger charge is -2.36. The van der Waals surface area contributed by atoms with E-state index >= 15 is 0 Å². The highest BCUT2D eigenvalue weighted by molar-refractivity contribution is 5.90. The Morgan fingerprint density at radius 3 is 3.12 bits per heavy atom. The molecule has 3 aliphatic heterocycles. The summed E-state index contributed by atoms with van der Waals surface area (Å²) in [4.78, 5) is 14.1. The molecule has 3 aliphatic rings. The van der Waals surface area contributed by atoms with Crippen LogP contribution in [0.5, 0.6) is 0 Å². The van der Waals surface area contributed by atoms with Crippen molar-refractivity contribution in [1.29, 1.82) is 0 Å². The molecule has 1 aromatic carbocycles. The number of esters is 1. The molecule has 82 valence electrons. The molecule has 4 rings (SSSR count). The fraction of sp³-hybridized carbons (Fsp3) is 0.462. The number of rotatable bonds is 1. The number of aryl methyl sites for hydroxylation is 1. The molecule has 2 fully saturated rings. The van der Waals surface area contributed by atoms with E-state index < -0.39 is 0 Å². The molecule has 0 aliphatic carbocycles. The van der Waals surface area contributed by atoms with Gasteiger partial charge < -0.3 is 4.74 Å². The third-order valence-electron chi connectivity index (χ3n) is 4.49. The van der Waals surface area contributed by atoms with E-state index in [1.807, 2.05) is 0 Å². The highest BCUT2D eigenvalue weighted by Gasteiger charge is 2.83. The highest BCUT2D eigenvalue weighted by Crippen LogP contribution is 2.77. The second-order valence-corrected chi connectivity index (χ2v) is 5.02. The molecule has 3 heterocycles. The number of nitrogens with zero attached hydrogens (tertiary/aromatic N) is 1. The van der Waals surface area contributed by atoms with E-state index in [1.165, 1.54) is 23.8 Å². The largest absolute Gasteiger partial charge is 0.468 e. The van der Waals surface area contributed by atoms with Gasteiger partial charge in [0.2, 0.25) is 0 Å². The molecule has 1 aromatic rings. The first kappa shape index (κ1) is 8.76. The molecule has 3 heteroatoms. The summed E-state index contributed by atoms with van der Waals surface area (Å²) in [5.74, 6) is -0.0547. The van der Waals surface area contributed by atoms with Crippen LogP contribution in [0.3, 0.4) is 0 Å². The Morgan fingerprint density at radius 1 is 1.56 bits per heavy atom. The van der Waals surface area contributed by atoms with Crippen molar-refractivity contribution < 1.29 is 9.53 Å². The van der Waals surface area contributed by atoms with Gasteiger partial charge in [-0.25, -0.2) is 4.79 Å². The summed E-state index contributed by atoms with van der Waals surface area (Å²) in [5.41, 5.74) is 3.88. The standard InChI is InChI=1S/C13H13NO2/c1-7-4-3-5-8-10(7)9-6-13(12(15)16-2)11(8)14(9)13/h3-5,9,11H,6H2,1-2H3/t9-,11-,13?,14?/m1/s1. The summed E-state index contributed by atoms with van der Waals surface area (Å²) in [6.07, 6.45) is 0.947. The van der Waals surface area contributed by atoms with E-state index in [2.05, 4.69) is 30.0 Å². The zero-order chi connectivity index (χ0) is 11.1. The second-order valence-electron chi connectivity index (χ2n) is 5.02. The Hall–Kier alpha value is -1.35.